The van der Waals surface area contributed by atoms with E-state index in [-0.39, 0.29) is 0 Å². The van der Waals surface area contributed by atoms with Crippen LogP contribution in [-0.4, -0.2) is 22.6 Å². The summed E-state index contributed by atoms with van der Waals surface area (Å²) in [6.45, 7) is 2.18. The molecule has 3 aromatic rings. The van der Waals surface area contributed by atoms with Crippen molar-refractivity contribution in [3.05, 3.63) is 89.0 Å². The molecule has 0 saturated heterocycles. The summed E-state index contributed by atoms with van der Waals surface area (Å²) in [6, 6.07) is 16.3. The number of guanidine groups is 1. The predicted octanol–water partition coefficient (Wildman–Crippen LogP) is 3.45. The van der Waals surface area contributed by atoms with Crippen molar-refractivity contribution in [2.45, 2.75) is 19.6 Å². The van der Waals surface area contributed by atoms with Crippen LogP contribution in [0.25, 0.3) is 0 Å². The molecule has 1 heterocycles. The standard InChI is InChI=1S/C20H22ClN5/c1-22-20(25-13-17-5-3-7-19(21)11-17)24-12-16-4-2-6-18(10-16)14-26-9-8-23-15-26/h2-11,15H,12-14H2,1H3,(H2,22,24,25). The third-order valence-corrected chi connectivity index (χ3v) is 4.18. The number of nitrogens with one attached hydrogen (secondary N) is 2. The largest absolute Gasteiger partial charge is 0.352 e. The van der Waals surface area contributed by atoms with Gasteiger partial charge in [-0.05, 0) is 28.8 Å². The molecule has 134 valence electrons. The van der Waals surface area contributed by atoms with E-state index in [9.17, 15) is 0 Å². The fourth-order valence-corrected chi connectivity index (χ4v) is 2.88. The number of imidazole rings is 1. The number of hydrogen-bond donors (Lipinski definition) is 2. The van der Waals surface area contributed by atoms with Gasteiger partial charge in [0.05, 0.1) is 6.33 Å². The second kappa shape index (κ2) is 9.06. The molecule has 0 spiro atoms. The predicted molar refractivity (Wildman–Crippen MR) is 106 cm³/mol. The Morgan fingerprint density at radius 1 is 1.04 bits per heavy atom. The van der Waals surface area contributed by atoms with Gasteiger partial charge in [0.2, 0.25) is 0 Å². The number of nitrogens with zero attached hydrogens (tertiary/aromatic N) is 3. The molecule has 0 aliphatic carbocycles. The number of aromatic nitrogens is 2. The molecule has 5 nitrogen and oxygen atoms in total. The highest BCUT2D eigenvalue weighted by molar-refractivity contribution is 6.30. The fourth-order valence-electron chi connectivity index (χ4n) is 2.67. The minimum Gasteiger partial charge on any atom is -0.352 e. The Bertz CT molecular complexity index is 858. The summed E-state index contributed by atoms with van der Waals surface area (Å²) in [6.07, 6.45) is 5.58. The molecule has 0 unspecified atom stereocenters. The summed E-state index contributed by atoms with van der Waals surface area (Å²) in [5, 5.41) is 7.38. The maximum atomic E-state index is 6.02. The molecule has 0 aliphatic rings. The van der Waals surface area contributed by atoms with Crippen molar-refractivity contribution in [3.8, 4) is 0 Å². The summed E-state index contributed by atoms with van der Waals surface area (Å²) in [5.74, 6) is 0.755. The van der Waals surface area contributed by atoms with Crippen molar-refractivity contribution >= 4 is 17.6 Å². The van der Waals surface area contributed by atoms with Crippen LogP contribution in [0.2, 0.25) is 5.02 Å². The minimum absolute atomic E-state index is 0.668. The van der Waals surface area contributed by atoms with Gasteiger partial charge in [0, 0.05) is 44.1 Å². The number of rotatable bonds is 6. The van der Waals surface area contributed by atoms with E-state index in [0.29, 0.717) is 13.1 Å². The molecular weight excluding hydrogens is 346 g/mol. The molecule has 0 atom stereocenters. The molecule has 26 heavy (non-hydrogen) atoms. The Labute approximate surface area is 158 Å². The number of hydrogen-bond acceptors (Lipinski definition) is 2. The molecule has 2 N–H and O–H groups in total. The SMILES string of the molecule is CN=C(NCc1cccc(Cl)c1)NCc1cccc(Cn2ccnc2)c1. The van der Waals surface area contributed by atoms with Crippen molar-refractivity contribution in [1.29, 1.82) is 0 Å². The quantitative estimate of drug-likeness (QED) is 0.518. The third-order valence-electron chi connectivity index (χ3n) is 3.95. The van der Waals surface area contributed by atoms with E-state index in [2.05, 4.69) is 49.4 Å². The van der Waals surface area contributed by atoms with Gasteiger partial charge in [0.15, 0.2) is 5.96 Å². The highest BCUT2D eigenvalue weighted by atomic mass is 35.5. The molecule has 0 saturated carbocycles. The van der Waals surface area contributed by atoms with Crippen LogP contribution in [0, 0.1) is 0 Å². The first-order chi connectivity index (χ1) is 12.7. The van der Waals surface area contributed by atoms with Crippen molar-refractivity contribution in [2.24, 2.45) is 4.99 Å². The molecule has 0 radical (unpaired) electrons. The average molecular weight is 368 g/mol. The maximum absolute atomic E-state index is 6.02. The monoisotopic (exact) mass is 367 g/mol. The lowest BCUT2D eigenvalue weighted by Crippen LogP contribution is -2.36. The molecule has 1 aromatic heterocycles. The molecule has 3 rings (SSSR count). The molecule has 6 heteroatoms. The van der Waals surface area contributed by atoms with Crippen molar-refractivity contribution < 1.29 is 0 Å². The van der Waals surface area contributed by atoms with Crippen molar-refractivity contribution in [2.75, 3.05) is 7.05 Å². The van der Waals surface area contributed by atoms with Gasteiger partial charge < -0.3 is 15.2 Å². The molecule has 2 aromatic carbocycles. The van der Waals surface area contributed by atoms with E-state index in [1.807, 2.05) is 36.8 Å². The Morgan fingerprint density at radius 2 is 1.73 bits per heavy atom. The first kappa shape index (κ1) is 18.0. The van der Waals surface area contributed by atoms with Crippen LogP contribution in [0.3, 0.4) is 0 Å². The van der Waals surface area contributed by atoms with Gasteiger partial charge >= 0.3 is 0 Å². The zero-order valence-electron chi connectivity index (χ0n) is 14.7. The lowest BCUT2D eigenvalue weighted by Gasteiger charge is -2.13. The first-order valence-corrected chi connectivity index (χ1v) is 8.83. The maximum Gasteiger partial charge on any atom is 0.191 e. The second-order valence-corrected chi connectivity index (χ2v) is 6.40. The van der Waals surface area contributed by atoms with Gasteiger partial charge in [-0.2, -0.15) is 0 Å². The Balaban J connectivity index is 1.53. The number of halogens is 1. The summed E-state index contributed by atoms with van der Waals surface area (Å²) >= 11 is 6.02. The zero-order valence-corrected chi connectivity index (χ0v) is 15.4. The van der Waals surface area contributed by atoms with Gasteiger partial charge in [-0.3, -0.25) is 4.99 Å². The Kier molecular flexibility index (Phi) is 6.28. The highest BCUT2D eigenvalue weighted by Gasteiger charge is 2.01. The lowest BCUT2D eigenvalue weighted by atomic mass is 10.1. The van der Waals surface area contributed by atoms with Crippen LogP contribution in [0.15, 0.2) is 72.2 Å². The normalized spacial score (nSPS) is 11.4. The summed E-state index contributed by atoms with van der Waals surface area (Å²) in [5.41, 5.74) is 3.56. The first-order valence-electron chi connectivity index (χ1n) is 8.45. The Hall–Kier alpha value is -2.79. The lowest BCUT2D eigenvalue weighted by molar-refractivity contribution is 0.787. The van der Waals surface area contributed by atoms with Gasteiger partial charge in [-0.15, -0.1) is 0 Å². The molecule has 0 aliphatic heterocycles. The second-order valence-electron chi connectivity index (χ2n) is 5.96. The van der Waals surface area contributed by atoms with Crippen LogP contribution in [-0.2, 0) is 19.6 Å². The minimum atomic E-state index is 0.668. The van der Waals surface area contributed by atoms with Crippen LogP contribution in [0.4, 0.5) is 0 Å². The zero-order chi connectivity index (χ0) is 18.2. The highest BCUT2D eigenvalue weighted by Crippen LogP contribution is 2.10. The summed E-state index contributed by atoms with van der Waals surface area (Å²) in [7, 11) is 1.77. The van der Waals surface area contributed by atoms with Crippen LogP contribution in [0.1, 0.15) is 16.7 Å². The number of benzene rings is 2. The molecule has 0 bridgehead atoms. The number of aliphatic imine (C=N–C) groups is 1. The van der Waals surface area contributed by atoms with E-state index in [1.54, 1.807) is 13.2 Å². The van der Waals surface area contributed by atoms with Crippen LogP contribution >= 0.6 is 11.6 Å². The van der Waals surface area contributed by atoms with Crippen LogP contribution < -0.4 is 10.6 Å². The van der Waals surface area contributed by atoms with Gasteiger partial charge in [-0.1, -0.05) is 48.0 Å². The third kappa shape index (κ3) is 5.36. The molecule has 0 fully saturated rings. The van der Waals surface area contributed by atoms with Gasteiger partial charge in [0.25, 0.3) is 0 Å². The van der Waals surface area contributed by atoms with Gasteiger partial charge in [-0.25, -0.2) is 4.98 Å². The van der Waals surface area contributed by atoms with E-state index in [4.69, 9.17) is 11.6 Å². The van der Waals surface area contributed by atoms with Crippen molar-refractivity contribution in [3.63, 3.8) is 0 Å². The summed E-state index contributed by atoms with van der Waals surface area (Å²) in [4.78, 5) is 8.35. The van der Waals surface area contributed by atoms with E-state index < -0.39 is 0 Å². The van der Waals surface area contributed by atoms with Crippen LogP contribution in [0.5, 0.6) is 0 Å². The van der Waals surface area contributed by atoms with E-state index in [0.717, 1.165) is 23.1 Å². The molecular formula is C20H22ClN5. The van der Waals surface area contributed by atoms with E-state index >= 15 is 0 Å². The fraction of sp³-hybridized carbons (Fsp3) is 0.200. The smallest absolute Gasteiger partial charge is 0.191 e. The summed E-state index contributed by atoms with van der Waals surface area (Å²) < 4.78 is 2.05. The average Bonchev–Trinajstić information content (AvgIpc) is 3.15. The molecule has 0 amide bonds. The van der Waals surface area contributed by atoms with Gasteiger partial charge in [0.1, 0.15) is 0 Å². The van der Waals surface area contributed by atoms with Crippen molar-refractivity contribution in [1.82, 2.24) is 20.2 Å². The topological polar surface area (TPSA) is 54.2 Å². The van der Waals surface area contributed by atoms with E-state index in [1.165, 1.54) is 11.1 Å². The Morgan fingerprint density at radius 3 is 2.38 bits per heavy atom.